The van der Waals surface area contributed by atoms with Crippen LogP contribution in [-0.2, 0) is 16.4 Å². The lowest BCUT2D eigenvalue weighted by atomic mass is 10.1. The largest absolute Gasteiger partial charge is 0.497 e. The van der Waals surface area contributed by atoms with E-state index in [0.29, 0.717) is 19.4 Å². The number of nitrogens with one attached hydrogen (secondary N) is 1. The highest BCUT2D eigenvalue weighted by atomic mass is 32.2. The number of nitrogens with two attached hydrogens (primary N) is 1. The number of ether oxygens (including phenoxy) is 1. The molecule has 108 valence electrons. The Bertz CT molecular complexity index is 484. The van der Waals surface area contributed by atoms with Crippen molar-refractivity contribution in [3.63, 3.8) is 0 Å². The molecule has 6 heteroatoms. The first-order valence-corrected chi connectivity index (χ1v) is 7.89. The lowest BCUT2D eigenvalue weighted by Crippen LogP contribution is -2.39. The molecule has 0 spiro atoms. The minimum Gasteiger partial charge on any atom is -0.497 e. The Morgan fingerprint density at radius 1 is 1.42 bits per heavy atom. The molecule has 0 aromatic heterocycles. The molecule has 0 radical (unpaired) electrons. The molecule has 0 aliphatic rings. The summed E-state index contributed by atoms with van der Waals surface area (Å²) in [4.78, 5) is 0. The summed E-state index contributed by atoms with van der Waals surface area (Å²) in [6.07, 6.45) is 1.14. The van der Waals surface area contributed by atoms with E-state index in [2.05, 4.69) is 4.72 Å². The van der Waals surface area contributed by atoms with Gasteiger partial charge in [0.25, 0.3) is 0 Å². The number of hydrogen-bond donors (Lipinski definition) is 2. The standard InChI is InChI=1S/C13H22N2O3S/c1-3-13(10-14)19(16,17)15-8-7-11-5-4-6-12(9-11)18-2/h4-6,9,13,15H,3,7-8,10,14H2,1-2H3. The van der Waals surface area contributed by atoms with Crippen LogP contribution in [0.25, 0.3) is 0 Å². The van der Waals surface area contributed by atoms with Gasteiger partial charge in [-0.25, -0.2) is 13.1 Å². The normalized spacial score (nSPS) is 13.2. The van der Waals surface area contributed by atoms with Gasteiger partial charge in [-0.05, 0) is 30.5 Å². The van der Waals surface area contributed by atoms with Gasteiger partial charge >= 0.3 is 0 Å². The first kappa shape index (κ1) is 15.9. The van der Waals surface area contributed by atoms with Crippen molar-refractivity contribution in [2.45, 2.75) is 25.0 Å². The second-order valence-electron chi connectivity index (χ2n) is 4.31. The van der Waals surface area contributed by atoms with Crippen molar-refractivity contribution in [2.75, 3.05) is 20.2 Å². The number of benzene rings is 1. The van der Waals surface area contributed by atoms with E-state index in [1.54, 1.807) is 7.11 Å². The monoisotopic (exact) mass is 286 g/mol. The fourth-order valence-electron chi connectivity index (χ4n) is 1.80. The van der Waals surface area contributed by atoms with Gasteiger partial charge in [-0.2, -0.15) is 0 Å². The van der Waals surface area contributed by atoms with Gasteiger partial charge in [0.15, 0.2) is 0 Å². The zero-order valence-electron chi connectivity index (χ0n) is 11.4. The molecule has 1 aromatic carbocycles. The van der Waals surface area contributed by atoms with E-state index in [0.717, 1.165) is 11.3 Å². The van der Waals surface area contributed by atoms with E-state index < -0.39 is 15.3 Å². The van der Waals surface area contributed by atoms with Crippen LogP contribution in [0.1, 0.15) is 18.9 Å². The molecule has 0 aliphatic heterocycles. The first-order chi connectivity index (χ1) is 9.03. The molecule has 0 heterocycles. The van der Waals surface area contributed by atoms with Crippen molar-refractivity contribution in [3.05, 3.63) is 29.8 Å². The molecule has 0 fully saturated rings. The van der Waals surface area contributed by atoms with Crippen LogP contribution in [-0.4, -0.2) is 33.9 Å². The Morgan fingerprint density at radius 2 is 2.16 bits per heavy atom. The molecule has 0 saturated carbocycles. The van der Waals surface area contributed by atoms with Gasteiger partial charge in [-0.1, -0.05) is 19.1 Å². The summed E-state index contributed by atoms with van der Waals surface area (Å²) in [6.45, 7) is 2.33. The van der Waals surface area contributed by atoms with Gasteiger partial charge in [0.2, 0.25) is 10.0 Å². The Morgan fingerprint density at radius 3 is 2.74 bits per heavy atom. The molecule has 19 heavy (non-hydrogen) atoms. The molecule has 1 aromatic rings. The maximum absolute atomic E-state index is 11.9. The van der Waals surface area contributed by atoms with Gasteiger partial charge in [0.1, 0.15) is 5.75 Å². The summed E-state index contributed by atoms with van der Waals surface area (Å²) in [7, 11) is -1.71. The van der Waals surface area contributed by atoms with Crippen molar-refractivity contribution in [3.8, 4) is 5.75 Å². The second-order valence-corrected chi connectivity index (χ2v) is 6.35. The van der Waals surface area contributed by atoms with Crippen molar-refractivity contribution >= 4 is 10.0 Å². The first-order valence-electron chi connectivity index (χ1n) is 6.35. The topological polar surface area (TPSA) is 81.4 Å². The van der Waals surface area contributed by atoms with Crippen molar-refractivity contribution in [2.24, 2.45) is 5.73 Å². The van der Waals surface area contributed by atoms with Crippen molar-refractivity contribution in [1.82, 2.24) is 4.72 Å². The molecule has 1 unspecified atom stereocenters. The molecular weight excluding hydrogens is 264 g/mol. The summed E-state index contributed by atoms with van der Waals surface area (Å²) in [6, 6.07) is 7.58. The van der Waals surface area contributed by atoms with Gasteiger partial charge in [0.05, 0.1) is 12.4 Å². The predicted molar refractivity (Wildman–Crippen MR) is 76.8 cm³/mol. The van der Waals surface area contributed by atoms with E-state index in [1.807, 2.05) is 31.2 Å². The lowest BCUT2D eigenvalue weighted by Gasteiger charge is -2.14. The smallest absolute Gasteiger partial charge is 0.215 e. The molecule has 0 aliphatic carbocycles. The molecule has 5 nitrogen and oxygen atoms in total. The van der Waals surface area contributed by atoms with Crippen LogP contribution in [0.2, 0.25) is 0 Å². The van der Waals surface area contributed by atoms with Crippen molar-refractivity contribution in [1.29, 1.82) is 0 Å². The quantitative estimate of drug-likeness (QED) is 0.744. The summed E-state index contributed by atoms with van der Waals surface area (Å²) >= 11 is 0. The summed E-state index contributed by atoms with van der Waals surface area (Å²) in [5.74, 6) is 0.772. The molecule has 1 rings (SSSR count). The number of hydrogen-bond acceptors (Lipinski definition) is 4. The number of sulfonamides is 1. The fraction of sp³-hybridized carbons (Fsp3) is 0.538. The third-order valence-electron chi connectivity index (χ3n) is 3.01. The van der Waals surface area contributed by atoms with E-state index in [-0.39, 0.29) is 6.54 Å². The van der Waals surface area contributed by atoms with Crippen LogP contribution >= 0.6 is 0 Å². The molecule has 3 N–H and O–H groups in total. The lowest BCUT2D eigenvalue weighted by molar-refractivity contribution is 0.414. The van der Waals surface area contributed by atoms with Crippen LogP contribution < -0.4 is 15.2 Å². The maximum atomic E-state index is 11.9. The zero-order chi connectivity index (χ0) is 14.3. The highest BCUT2D eigenvalue weighted by Crippen LogP contribution is 2.12. The van der Waals surface area contributed by atoms with Gasteiger partial charge < -0.3 is 10.5 Å². The van der Waals surface area contributed by atoms with Crippen LogP contribution in [0.4, 0.5) is 0 Å². The minimum atomic E-state index is -3.31. The van der Waals surface area contributed by atoms with Gasteiger partial charge in [0, 0.05) is 13.1 Å². The van der Waals surface area contributed by atoms with E-state index in [9.17, 15) is 8.42 Å². The van der Waals surface area contributed by atoms with Crippen LogP contribution in [0, 0.1) is 0 Å². The minimum absolute atomic E-state index is 0.144. The SMILES string of the molecule is CCC(CN)S(=O)(=O)NCCc1cccc(OC)c1. The number of methoxy groups -OCH3 is 1. The van der Waals surface area contributed by atoms with E-state index in [1.165, 1.54) is 0 Å². The predicted octanol–water partition coefficient (Wildman–Crippen LogP) is 0.894. The summed E-state index contributed by atoms with van der Waals surface area (Å²) < 4.78 is 31.5. The Labute approximate surface area is 115 Å². The Hall–Kier alpha value is -1.11. The molecule has 0 saturated heterocycles. The van der Waals surface area contributed by atoms with Gasteiger partial charge in [-0.3, -0.25) is 0 Å². The van der Waals surface area contributed by atoms with Gasteiger partial charge in [-0.15, -0.1) is 0 Å². The molecular formula is C13H22N2O3S. The molecule has 1 atom stereocenters. The average molecular weight is 286 g/mol. The fourth-order valence-corrected chi connectivity index (χ4v) is 3.11. The average Bonchev–Trinajstić information content (AvgIpc) is 2.40. The van der Waals surface area contributed by atoms with E-state index in [4.69, 9.17) is 10.5 Å². The van der Waals surface area contributed by atoms with Crippen LogP contribution in [0.5, 0.6) is 5.75 Å². The Kier molecular flexibility index (Phi) is 6.27. The molecule has 0 amide bonds. The third kappa shape index (κ3) is 4.81. The van der Waals surface area contributed by atoms with Crippen molar-refractivity contribution < 1.29 is 13.2 Å². The van der Waals surface area contributed by atoms with Crippen LogP contribution in [0.15, 0.2) is 24.3 Å². The van der Waals surface area contributed by atoms with Crippen LogP contribution in [0.3, 0.4) is 0 Å². The number of rotatable bonds is 8. The van der Waals surface area contributed by atoms with E-state index >= 15 is 0 Å². The summed E-state index contributed by atoms with van der Waals surface area (Å²) in [5, 5.41) is -0.516. The maximum Gasteiger partial charge on any atom is 0.215 e. The highest BCUT2D eigenvalue weighted by Gasteiger charge is 2.21. The third-order valence-corrected chi connectivity index (χ3v) is 5.02. The Balaban J connectivity index is 2.54. The summed E-state index contributed by atoms with van der Waals surface area (Å²) in [5.41, 5.74) is 6.48. The second kappa shape index (κ2) is 7.47. The highest BCUT2D eigenvalue weighted by molar-refractivity contribution is 7.90. The molecule has 0 bridgehead atoms. The zero-order valence-corrected chi connectivity index (χ0v) is 12.2.